The minimum Gasteiger partial charge on any atom is -0.465 e. The van der Waals surface area contributed by atoms with Crippen molar-refractivity contribution in [2.45, 2.75) is 4.90 Å². The van der Waals surface area contributed by atoms with Crippen LogP contribution in [0.25, 0.3) is 0 Å². The Hall–Kier alpha value is -2.10. The van der Waals surface area contributed by atoms with E-state index < -0.39 is 26.9 Å². The highest BCUT2D eigenvalue weighted by atomic mass is 79.9. The maximum absolute atomic E-state index is 12.8. The molecule has 0 aromatic heterocycles. The van der Waals surface area contributed by atoms with E-state index in [1.165, 1.54) is 24.3 Å². The van der Waals surface area contributed by atoms with Crippen LogP contribution in [0.1, 0.15) is 20.7 Å². The smallest absolute Gasteiger partial charge is 0.339 e. The normalized spacial score (nSPS) is 10.9. The van der Waals surface area contributed by atoms with Crippen LogP contribution < -0.4 is 4.72 Å². The van der Waals surface area contributed by atoms with Crippen LogP contribution in [0.4, 0.5) is 5.69 Å². The van der Waals surface area contributed by atoms with Crippen molar-refractivity contribution in [2.24, 2.45) is 0 Å². The quantitative estimate of drug-likeness (QED) is 0.683. The Balaban J connectivity index is 2.58. The predicted molar refractivity (Wildman–Crippen MR) is 99.1 cm³/mol. The maximum atomic E-state index is 12.8. The largest absolute Gasteiger partial charge is 0.465 e. The lowest BCUT2D eigenvalue weighted by Crippen LogP contribution is -2.19. The predicted octanol–water partition coefficient (Wildman–Crippen LogP) is 3.48. The molecule has 26 heavy (non-hydrogen) atoms. The zero-order chi connectivity index (χ0) is 19.5. The molecule has 0 fully saturated rings. The molecule has 0 bridgehead atoms. The Kier molecular flexibility index (Phi) is 6.27. The van der Waals surface area contributed by atoms with Crippen LogP contribution in [-0.4, -0.2) is 34.6 Å². The molecule has 2 rings (SSSR count). The van der Waals surface area contributed by atoms with E-state index in [1.54, 1.807) is 6.07 Å². The number of anilines is 1. The number of rotatable bonds is 5. The van der Waals surface area contributed by atoms with Crippen molar-refractivity contribution >= 4 is 55.2 Å². The molecule has 0 atom stereocenters. The first-order valence-corrected chi connectivity index (χ1v) is 9.63. The molecule has 0 heterocycles. The molecule has 0 aliphatic rings. The molecule has 0 unspecified atom stereocenters. The van der Waals surface area contributed by atoms with Gasteiger partial charge in [0.25, 0.3) is 10.0 Å². The van der Waals surface area contributed by atoms with Crippen molar-refractivity contribution in [1.29, 1.82) is 0 Å². The van der Waals surface area contributed by atoms with Gasteiger partial charge in [0.1, 0.15) is 4.90 Å². The summed E-state index contributed by atoms with van der Waals surface area (Å²) in [6.07, 6.45) is 0. The Labute approximate surface area is 163 Å². The van der Waals surface area contributed by atoms with Crippen LogP contribution in [0.3, 0.4) is 0 Å². The number of sulfonamides is 1. The average molecular weight is 463 g/mol. The SMILES string of the molecule is COC(=O)c1ccc(C(=O)OC)c(S(=O)(=O)Nc2ccc(Br)cc2Cl)c1. The maximum Gasteiger partial charge on any atom is 0.339 e. The van der Waals surface area contributed by atoms with Crippen molar-refractivity contribution in [3.8, 4) is 0 Å². The number of benzene rings is 2. The summed E-state index contributed by atoms with van der Waals surface area (Å²) in [7, 11) is -1.98. The van der Waals surface area contributed by atoms with E-state index in [0.29, 0.717) is 4.47 Å². The minimum atomic E-state index is -4.26. The summed E-state index contributed by atoms with van der Waals surface area (Å²) >= 11 is 9.25. The van der Waals surface area contributed by atoms with E-state index in [1.807, 2.05) is 0 Å². The Morgan fingerprint density at radius 1 is 1.04 bits per heavy atom. The van der Waals surface area contributed by atoms with E-state index >= 15 is 0 Å². The van der Waals surface area contributed by atoms with Gasteiger partial charge >= 0.3 is 11.9 Å². The summed E-state index contributed by atoms with van der Waals surface area (Å²) in [6, 6.07) is 8.03. The molecule has 0 saturated heterocycles. The van der Waals surface area contributed by atoms with Gasteiger partial charge in [-0.15, -0.1) is 0 Å². The lowest BCUT2D eigenvalue weighted by Gasteiger charge is -2.13. The zero-order valence-corrected chi connectivity index (χ0v) is 16.7. The molecule has 10 heteroatoms. The van der Waals surface area contributed by atoms with E-state index in [2.05, 4.69) is 30.1 Å². The molecule has 2 aromatic carbocycles. The molecule has 0 radical (unpaired) electrons. The number of methoxy groups -OCH3 is 2. The van der Waals surface area contributed by atoms with E-state index in [-0.39, 0.29) is 21.8 Å². The van der Waals surface area contributed by atoms with Crippen molar-refractivity contribution in [3.05, 3.63) is 57.0 Å². The molecule has 2 aromatic rings. The topological polar surface area (TPSA) is 98.8 Å². The third kappa shape index (κ3) is 4.35. The van der Waals surface area contributed by atoms with Gasteiger partial charge in [-0.05, 0) is 36.4 Å². The van der Waals surface area contributed by atoms with Crippen molar-refractivity contribution in [2.75, 3.05) is 18.9 Å². The highest BCUT2D eigenvalue weighted by molar-refractivity contribution is 9.10. The van der Waals surface area contributed by atoms with E-state index in [4.69, 9.17) is 11.6 Å². The molecule has 0 aliphatic heterocycles. The first kappa shape index (κ1) is 20.2. The van der Waals surface area contributed by atoms with Crippen LogP contribution in [0.2, 0.25) is 5.02 Å². The Bertz CT molecular complexity index is 977. The van der Waals surface area contributed by atoms with Crippen LogP contribution in [0, 0.1) is 0 Å². The number of carbonyl (C=O) groups excluding carboxylic acids is 2. The zero-order valence-electron chi connectivity index (χ0n) is 13.6. The molecular formula is C16H13BrClNO6S. The minimum absolute atomic E-state index is 0.0394. The second kappa shape index (κ2) is 8.07. The summed E-state index contributed by atoms with van der Waals surface area (Å²) in [6.45, 7) is 0. The second-order valence-corrected chi connectivity index (χ2v) is 7.90. The first-order chi connectivity index (χ1) is 12.2. The van der Waals surface area contributed by atoms with Gasteiger partial charge in [0.2, 0.25) is 0 Å². The lowest BCUT2D eigenvalue weighted by atomic mass is 10.1. The van der Waals surface area contributed by atoms with Crippen LogP contribution in [-0.2, 0) is 19.5 Å². The molecule has 0 aliphatic carbocycles. The highest BCUT2D eigenvalue weighted by Gasteiger charge is 2.26. The highest BCUT2D eigenvalue weighted by Crippen LogP contribution is 2.29. The standard InChI is InChI=1S/C16H13BrClNO6S/c1-24-15(20)9-3-5-11(16(21)25-2)14(7-9)26(22,23)19-13-6-4-10(17)8-12(13)18/h3-8,19H,1-2H3. The summed E-state index contributed by atoms with van der Waals surface area (Å²) in [5, 5.41) is 0.145. The third-order valence-electron chi connectivity index (χ3n) is 3.27. The molecule has 0 spiro atoms. The van der Waals surface area contributed by atoms with Crippen molar-refractivity contribution in [1.82, 2.24) is 0 Å². The van der Waals surface area contributed by atoms with Crippen molar-refractivity contribution in [3.63, 3.8) is 0 Å². The van der Waals surface area contributed by atoms with Gasteiger partial charge in [0, 0.05) is 4.47 Å². The molecule has 1 N–H and O–H groups in total. The van der Waals surface area contributed by atoms with Gasteiger partial charge in [-0.3, -0.25) is 4.72 Å². The van der Waals surface area contributed by atoms with Gasteiger partial charge < -0.3 is 9.47 Å². The Morgan fingerprint density at radius 3 is 2.27 bits per heavy atom. The molecule has 138 valence electrons. The van der Waals surface area contributed by atoms with Gasteiger partial charge in [-0.1, -0.05) is 27.5 Å². The number of nitrogens with one attached hydrogen (secondary N) is 1. The second-order valence-electron chi connectivity index (χ2n) is 4.92. The van der Waals surface area contributed by atoms with Crippen LogP contribution in [0.5, 0.6) is 0 Å². The van der Waals surface area contributed by atoms with Gasteiger partial charge in [-0.2, -0.15) is 0 Å². The number of carbonyl (C=O) groups is 2. The fourth-order valence-electron chi connectivity index (χ4n) is 2.04. The molecule has 0 saturated carbocycles. The fourth-order valence-corrected chi connectivity index (χ4v) is 4.12. The van der Waals surface area contributed by atoms with Gasteiger partial charge in [0.15, 0.2) is 0 Å². The first-order valence-electron chi connectivity index (χ1n) is 6.98. The van der Waals surface area contributed by atoms with E-state index in [9.17, 15) is 18.0 Å². The number of halogens is 2. The lowest BCUT2D eigenvalue weighted by molar-refractivity contribution is 0.0583. The molecule has 7 nitrogen and oxygen atoms in total. The van der Waals surface area contributed by atoms with Gasteiger partial charge in [-0.25, -0.2) is 18.0 Å². The molecule has 0 amide bonds. The summed E-state index contributed by atoms with van der Waals surface area (Å²) in [5.74, 6) is -1.62. The number of esters is 2. The average Bonchev–Trinajstić information content (AvgIpc) is 2.62. The number of hydrogen-bond donors (Lipinski definition) is 1. The van der Waals surface area contributed by atoms with Crippen LogP contribution in [0.15, 0.2) is 45.8 Å². The molecular weight excluding hydrogens is 450 g/mol. The summed E-state index contributed by atoms with van der Waals surface area (Å²) in [5.41, 5.74) is -0.169. The summed E-state index contributed by atoms with van der Waals surface area (Å²) in [4.78, 5) is 23.2. The van der Waals surface area contributed by atoms with Crippen molar-refractivity contribution < 1.29 is 27.5 Å². The summed E-state index contributed by atoms with van der Waals surface area (Å²) < 4.78 is 37.8. The van der Waals surface area contributed by atoms with E-state index in [0.717, 1.165) is 20.3 Å². The number of ether oxygens (including phenoxy) is 2. The fraction of sp³-hybridized carbons (Fsp3) is 0.125. The van der Waals surface area contributed by atoms with Gasteiger partial charge in [0.05, 0.1) is 36.1 Å². The van der Waals surface area contributed by atoms with Crippen LogP contribution >= 0.6 is 27.5 Å². The third-order valence-corrected chi connectivity index (χ3v) is 5.48. The monoisotopic (exact) mass is 461 g/mol. The number of hydrogen-bond acceptors (Lipinski definition) is 6. The Morgan fingerprint density at radius 2 is 1.69 bits per heavy atom.